The molecule has 1 aliphatic rings. The Hall–Kier alpha value is -2.95. The highest BCUT2D eigenvalue weighted by atomic mass is 16.5. The Morgan fingerprint density at radius 3 is 2.19 bits per heavy atom. The number of carbonyl (C=O) groups excluding carboxylic acids is 3. The van der Waals surface area contributed by atoms with Crippen LogP contribution in [0.15, 0.2) is 18.2 Å². The van der Waals surface area contributed by atoms with Crippen LogP contribution in [0.3, 0.4) is 0 Å². The van der Waals surface area contributed by atoms with Crippen LogP contribution in [0.1, 0.15) is 53.4 Å². The van der Waals surface area contributed by atoms with Gasteiger partial charge in [-0.15, -0.1) is 0 Å². The molecule has 0 spiro atoms. The number of ether oxygens (including phenoxy) is 2. The van der Waals surface area contributed by atoms with E-state index in [2.05, 4.69) is 0 Å². The molecule has 0 aliphatic heterocycles. The van der Waals surface area contributed by atoms with Crippen LogP contribution in [0, 0.1) is 13.8 Å². The van der Waals surface area contributed by atoms with Gasteiger partial charge in [0.15, 0.2) is 5.78 Å². The van der Waals surface area contributed by atoms with Crippen LogP contribution >= 0.6 is 0 Å². The van der Waals surface area contributed by atoms with Crippen molar-refractivity contribution in [3.8, 4) is 22.6 Å². The fourth-order valence-electron chi connectivity index (χ4n) is 3.80. The second kappa shape index (κ2) is 6.99. The lowest BCUT2D eigenvalue weighted by molar-refractivity contribution is -0.132. The van der Waals surface area contributed by atoms with Gasteiger partial charge in [-0.05, 0) is 73.1 Å². The van der Waals surface area contributed by atoms with Gasteiger partial charge in [-0.1, -0.05) is 12.1 Å². The summed E-state index contributed by atoms with van der Waals surface area (Å²) in [6.45, 7) is 7.94. The highest BCUT2D eigenvalue weighted by molar-refractivity contribution is 6.06. The molecule has 0 fully saturated rings. The molecule has 2 aromatic rings. The highest BCUT2D eigenvalue weighted by Crippen LogP contribution is 2.44. The van der Waals surface area contributed by atoms with E-state index >= 15 is 0 Å². The maximum atomic E-state index is 12.5. The number of fused-ring (bicyclic) bond motifs is 3. The first kappa shape index (κ1) is 18.8. The summed E-state index contributed by atoms with van der Waals surface area (Å²) in [6.07, 6.45) is 1.54. The summed E-state index contributed by atoms with van der Waals surface area (Å²) < 4.78 is 10.7. The normalized spacial score (nSPS) is 12.0. The van der Waals surface area contributed by atoms with Crippen LogP contribution in [-0.4, -0.2) is 17.7 Å². The lowest BCUT2D eigenvalue weighted by atomic mass is 9.79. The van der Waals surface area contributed by atoms with Crippen molar-refractivity contribution in [1.82, 2.24) is 0 Å². The van der Waals surface area contributed by atoms with E-state index in [4.69, 9.17) is 9.47 Å². The van der Waals surface area contributed by atoms with Gasteiger partial charge in [0.05, 0.1) is 5.56 Å². The number of esters is 2. The molecule has 140 valence electrons. The van der Waals surface area contributed by atoms with Gasteiger partial charge >= 0.3 is 11.9 Å². The quantitative estimate of drug-likeness (QED) is 0.464. The number of hydrogen-bond acceptors (Lipinski definition) is 5. The summed E-state index contributed by atoms with van der Waals surface area (Å²) in [5.41, 5.74) is 5.91. The van der Waals surface area contributed by atoms with Gasteiger partial charge < -0.3 is 9.47 Å². The number of carbonyl (C=O) groups is 3. The Bertz CT molecular complexity index is 985. The molecule has 0 aromatic heterocycles. The van der Waals surface area contributed by atoms with Crippen LogP contribution in [0.25, 0.3) is 11.1 Å². The Balaban J connectivity index is 2.29. The van der Waals surface area contributed by atoms with Gasteiger partial charge in [0.1, 0.15) is 11.5 Å². The van der Waals surface area contributed by atoms with Crippen molar-refractivity contribution in [2.24, 2.45) is 0 Å². The smallest absolute Gasteiger partial charge is 0.308 e. The summed E-state index contributed by atoms with van der Waals surface area (Å²) in [6, 6.07) is 5.61. The minimum Gasteiger partial charge on any atom is -0.426 e. The van der Waals surface area contributed by atoms with Crippen LogP contribution in [-0.2, 0) is 22.4 Å². The van der Waals surface area contributed by atoms with Crippen molar-refractivity contribution in [1.29, 1.82) is 0 Å². The number of benzene rings is 2. The summed E-state index contributed by atoms with van der Waals surface area (Å²) in [7, 11) is 0. The zero-order valence-corrected chi connectivity index (χ0v) is 16.2. The monoisotopic (exact) mass is 366 g/mol. The molecule has 3 rings (SSSR count). The van der Waals surface area contributed by atoms with E-state index in [1.54, 1.807) is 6.07 Å². The maximum Gasteiger partial charge on any atom is 0.308 e. The Labute approximate surface area is 158 Å². The number of rotatable bonds is 3. The SMILES string of the molecule is CC(=O)Oc1ccc2c(c1C)CCc1cc(C)c(OC(C)=O)c(C(C)=O)c1-2. The van der Waals surface area contributed by atoms with Crippen molar-refractivity contribution < 1.29 is 23.9 Å². The molecule has 0 saturated heterocycles. The lowest BCUT2D eigenvalue weighted by Gasteiger charge is -2.26. The summed E-state index contributed by atoms with van der Waals surface area (Å²) in [4.78, 5) is 35.4. The Morgan fingerprint density at radius 1 is 0.926 bits per heavy atom. The van der Waals surface area contributed by atoms with Gasteiger partial charge in [-0.3, -0.25) is 14.4 Å². The van der Waals surface area contributed by atoms with Gasteiger partial charge in [-0.2, -0.15) is 0 Å². The van der Waals surface area contributed by atoms with Crippen LogP contribution in [0.4, 0.5) is 0 Å². The molecule has 27 heavy (non-hydrogen) atoms. The maximum absolute atomic E-state index is 12.5. The second-order valence-electron chi connectivity index (χ2n) is 6.89. The summed E-state index contributed by atoms with van der Waals surface area (Å²) >= 11 is 0. The Morgan fingerprint density at radius 2 is 1.59 bits per heavy atom. The molecule has 0 saturated carbocycles. The minimum atomic E-state index is -0.460. The number of aryl methyl sites for hydroxylation is 2. The summed E-state index contributed by atoms with van der Waals surface area (Å²) in [5, 5.41) is 0. The third-order valence-electron chi connectivity index (χ3n) is 4.86. The van der Waals surface area contributed by atoms with Gasteiger partial charge in [0.2, 0.25) is 0 Å². The molecule has 0 N–H and O–H groups in total. The van der Waals surface area contributed by atoms with E-state index in [1.807, 2.05) is 26.0 Å². The number of ketones is 1. The third kappa shape index (κ3) is 3.37. The number of hydrogen-bond donors (Lipinski definition) is 0. The fourth-order valence-corrected chi connectivity index (χ4v) is 3.80. The topological polar surface area (TPSA) is 69.7 Å². The zero-order valence-electron chi connectivity index (χ0n) is 16.2. The first-order valence-electron chi connectivity index (χ1n) is 8.87. The predicted octanol–water partition coefficient (Wildman–Crippen LogP) is 4.12. The second-order valence-corrected chi connectivity index (χ2v) is 6.89. The largest absolute Gasteiger partial charge is 0.426 e. The molecule has 0 heterocycles. The fraction of sp³-hybridized carbons (Fsp3) is 0.318. The minimum absolute atomic E-state index is 0.152. The van der Waals surface area contributed by atoms with Crippen molar-refractivity contribution >= 4 is 17.7 Å². The molecule has 0 atom stereocenters. The average molecular weight is 366 g/mol. The standard InChI is InChI=1S/C22H22O5/c1-11-10-16-6-7-17-12(2)19(26-14(4)24)9-8-18(17)21(16)20(13(3)23)22(11)27-15(5)25/h8-10H,6-7H2,1-5H3. The van der Waals surface area contributed by atoms with E-state index in [-0.39, 0.29) is 11.8 Å². The van der Waals surface area contributed by atoms with Crippen molar-refractivity contribution in [2.75, 3.05) is 0 Å². The van der Waals surface area contributed by atoms with Crippen molar-refractivity contribution in [2.45, 2.75) is 47.5 Å². The van der Waals surface area contributed by atoms with E-state index in [0.717, 1.165) is 46.2 Å². The predicted molar refractivity (Wildman–Crippen MR) is 101 cm³/mol. The molecule has 2 aromatic carbocycles. The van der Waals surface area contributed by atoms with E-state index in [0.29, 0.717) is 17.1 Å². The van der Waals surface area contributed by atoms with Crippen molar-refractivity contribution in [3.63, 3.8) is 0 Å². The first-order valence-corrected chi connectivity index (χ1v) is 8.87. The number of Topliss-reactive ketones (excluding diaryl/α,β-unsaturated/α-hetero) is 1. The van der Waals surface area contributed by atoms with Crippen molar-refractivity contribution in [3.05, 3.63) is 46.0 Å². The lowest BCUT2D eigenvalue weighted by Crippen LogP contribution is -2.15. The van der Waals surface area contributed by atoms with Crippen LogP contribution < -0.4 is 9.47 Å². The van der Waals surface area contributed by atoms with E-state index in [1.165, 1.54) is 20.8 Å². The molecule has 0 bridgehead atoms. The molecule has 5 heteroatoms. The molecule has 0 amide bonds. The molecular formula is C22H22O5. The van der Waals surface area contributed by atoms with E-state index < -0.39 is 5.97 Å². The Kier molecular flexibility index (Phi) is 4.87. The molecule has 5 nitrogen and oxygen atoms in total. The third-order valence-corrected chi connectivity index (χ3v) is 4.86. The zero-order chi connectivity index (χ0) is 19.9. The van der Waals surface area contributed by atoms with Gasteiger partial charge in [0.25, 0.3) is 0 Å². The van der Waals surface area contributed by atoms with Gasteiger partial charge in [0, 0.05) is 13.8 Å². The summed E-state index contributed by atoms with van der Waals surface area (Å²) in [5.74, 6) is -0.130. The van der Waals surface area contributed by atoms with E-state index in [9.17, 15) is 14.4 Å². The first-order chi connectivity index (χ1) is 12.7. The van der Waals surface area contributed by atoms with Crippen LogP contribution in [0.5, 0.6) is 11.5 Å². The molecule has 0 radical (unpaired) electrons. The molecule has 0 unspecified atom stereocenters. The average Bonchev–Trinajstić information content (AvgIpc) is 2.56. The highest BCUT2D eigenvalue weighted by Gasteiger charge is 2.28. The molecular weight excluding hydrogens is 344 g/mol. The molecule has 1 aliphatic carbocycles. The van der Waals surface area contributed by atoms with Crippen LogP contribution in [0.2, 0.25) is 0 Å². The van der Waals surface area contributed by atoms with Gasteiger partial charge in [-0.25, -0.2) is 0 Å².